The van der Waals surface area contributed by atoms with Gasteiger partial charge in [-0.3, -0.25) is 9.59 Å². The fourth-order valence-electron chi connectivity index (χ4n) is 3.21. The normalized spacial score (nSPS) is 17.3. The first kappa shape index (κ1) is 17.5. The van der Waals surface area contributed by atoms with Gasteiger partial charge < -0.3 is 15.5 Å². The Morgan fingerprint density at radius 2 is 2.04 bits per heavy atom. The SMILES string of the molecule is CN(Cc1ccsc1)C(=O)c1ccc(N2CCC[C@@H](C(N)=O)C2)cc1. The van der Waals surface area contributed by atoms with Crippen LogP contribution in [0.3, 0.4) is 0 Å². The van der Waals surface area contributed by atoms with Crippen molar-refractivity contribution in [2.75, 3.05) is 25.0 Å². The molecule has 2 amide bonds. The van der Waals surface area contributed by atoms with Crippen LogP contribution >= 0.6 is 11.3 Å². The number of nitrogens with two attached hydrogens (primary N) is 1. The lowest BCUT2D eigenvalue weighted by molar-refractivity contribution is -0.122. The zero-order valence-electron chi connectivity index (χ0n) is 14.4. The fraction of sp³-hybridized carbons (Fsp3) is 0.368. The first-order chi connectivity index (χ1) is 12.0. The van der Waals surface area contributed by atoms with Crippen molar-refractivity contribution in [3.63, 3.8) is 0 Å². The molecule has 1 fully saturated rings. The van der Waals surface area contributed by atoms with E-state index < -0.39 is 0 Å². The standard InChI is InChI=1S/C19H23N3O2S/c1-21(11-14-8-10-25-13-14)19(24)15-4-6-17(7-5-15)22-9-2-3-16(12-22)18(20)23/h4-8,10,13,16H,2-3,9,11-12H2,1H3,(H2,20,23)/t16-/m1/s1. The monoisotopic (exact) mass is 357 g/mol. The number of primary amides is 1. The molecule has 3 rings (SSSR count). The Labute approximate surface area is 152 Å². The van der Waals surface area contributed by atoms with Crippen molar-refractivity contribution in [1.82, 2.24) is 4.90 Å². The van der Waals surface area contributed by atoms with Gasteiger partial charge in [-0.05, 0) is 59.5 Å². The van der Waals surface area contributed by atoms with Crippen molar-refractivity contribution in [2.24, 2.45) is 11.7 Å². The van der Waals surface area contributed by atoms with Gasteiger partial charge in [0.1, 0.15) is 0 Å². The molecule has 1 atom stereocenters. The van der Waals surface area contributed by atoms with Gasteiger partial charge in [0, 0.05) is 37.9 Å². The molecule has 1 aromatic heterocycles. The van der Waals surface area contributed by atoms with Gasteiger partial charge in [0.25, 0.3) is 5.91 Å². The Morgan fingerprint density at radius 3 is 2.68 bits per heavy atom. The molecule has 2 N–H and O–H groups in total. The molecule has 0 unspecified atom stereocenters. The van der Waals surface area contributed by atoms with Crippen LogP contribution in [0.2, 0.25) is 0 Å². The molecule has 0 spiro atoms. The average molecular weight is 357 g/mol. The Balaban J connectivity index is 1.65. The molecule has 5 nitrogen and oxygen atoms in total. The van der Waals surface area contributed by atoms with Crippen LogP contribution in [0.4, 0.5) is 5.69 Å². The molecular formula is C19H23N3O2S. The second-order valence-electron chi connectivity index (χ2n) is 6.53. The van der Waals surface area contributed by atoms with Crippen LogP contribution in [-0.4, -0.2) is 36.9 Å². The van der Waals surface area contributed by atoms with Crippen LogP contribution in [0.25, 0.3) is 0 Å². The summed E-state index contributed by atoms with van der Waals surface area (Å²) in [6.45, 7) is 2.17. The zero-order valence-corrected chi connectivity index (χ0v) is 15.2. The molecule has 0 bridgehead atoms. The molecule has 1 aromatic carbocycles. The van der Waals surface area contributed by atoms with Crippen LogP contribution in [0.5, 0.6) is 0 Å². The van der Waals surface area contributed by atoms with E-state index in [9.17, 15) is 9.59 Å². The minimum Gasteiger partial charge on any atom is -0.371 e. The van der Waals surface area contributed by atoms with E-state index in [1.807, 2.05) is 42.8 Å². The lowest BCUT2D eigenvalue weighted by atomic mass is 9.97. The van der Waals surface area contributed by atoms with E-state index in [-0.39, 0.29) is 17.7 Å². The van der Waals surface area contributed by atoms with E-state index in [2.05, 4.69) is 10.3 Å². The first-order valence-corrected chi connectivity index (χ1v) is 9.40. The number of piperidine rings is 1. The quantitative estimate of drug-likeness (QED) is 0.895. The highest BCUT2D eigenvalue weighted by molar-refractivity contribution is 7.07. The summed E-state index contributed by atoms with van der Waals surface area (Å²) in [5, 5.41) is 4.07. The van der Waals surface area contributed by atoms with Gasteiger partial charge >= 0.3 is 0 Å². The van der Waals surface area contributed by atoms with Crippen LogP contribution < -0.4 is 10.6 Å². The summed E-state index contributed by atoms with van der Waals surface area (Å²) in [7, 11) is 1.82. The van der Waals surface area contributed by atoms with Crippen molar-refractivity contribution < 1.29 is 9.59 Å². The summed E-state index contributed by atoms with van der Waals surface area (Å²) < 4.78 is 0. The second-order valence-corrected chi connectivity index (χ2v) is 7.31. The average Bonchev–Trinajstić information content (AvgIpc) is 3.14. The number of benzene rings is 1. The van der Waals surface area contributed by atoms with Crippen LogP contribution in [0.1, 0.15) is 28.8 Å². The highest BCUT2D eigenvalue weighted by Gasteiger charge is 2.24. The molecule has 1 saturated heterocycles. The van der Waals surface area contributed by atoms with Gasteiger partial charge in [-0.15, -0.1) is 0 Å². The van der Waals surface area contributed by atoms with Crippen LogP contribution in [0, 0.1) is 5.92 Å². The zero-order chi connectivity index (χ0) is 17.8. The summed E-state index contributed by atoms with van der Waals surface area (Å²) >= 11 is 1.63. The predicted octanol–water partition coefficient (Wildman–Crippen LogP) is 2.72. The molecule has 0 aliphatic carbocycles. The van der Waals surface area contributed by atoms with Gasteiger partial charge in [-0.2, -0.15) is 11.3 Å². The van der Waals surface area contributed by atoms with E-state index in [4.69, 9.17) is 5.73 Å². The van der Waals surface area contributed by atoms with Crippen molar-refractivity contribution in [1.29, 1.82) is 0 Å². The van der Waals surface area contributed by atoms with E-state index in [1.54, 1.807) is 16.2 Å². The van der Waals surface area contributed by atoms with Gasteiger partial charge in [-0.25, -0.2) is 0 Å². The molecule has 1 aliphatic rings. The lowest BCUT2D eigenvalue weighted by Gasteiger charge is -2.33. The molecule has 0 saturated carbocycles. The van der Waals surface area contributed by atoms with Gasteiger partial charge in [0.2, 0.25) is 5.91 Å². The maximum Gasteiger partial charge on any atom is 0.253 e. The Bertz CT molecular complexity index is 728. The second kappa shape index (κ2) is 7.70. The van der Waals surface area contributed by atoms with Gasteiger partial charge in [-0.1, -0.05) is 0 Å². The third kappa shape index (κ3) is 4.20. The van der Waals surface area contributed by atoms with Gasteiger partial charge in [0.05, 0.1) is 5.92 Å². The van der Waals surface area contributed by atoms with E-state index in [0.717, 1.165) is 30.6 Å². The van der Waals surface area contributed by atoms with E-state index in [0.29, 0.717) is 18.7 Å². The maximum absolute atomic E-state index is 12.6. The number of thiophene rings is 1. The molecule has 0 radical (unpaired) electrons. The maximum atomic E-state index is 12.6. The molecule has 132 valence electrons. The van der Waals surface area contributed by atoms with Crippen molar-refractivity contribution in [3.8, 4) is 0 Å². The molecule has 2 heterocycles. The van der Waals surface area contributed by atoms with E-state index in [1.165, 1.54) is 0 Å². The molecule has 2 aromatic rings. The summed E-state index contributed by atoms with van der Waals surface area (Å²) in [5.74, 6) is -0.315. The number of anilines is 1. The third-order valence-electron chi connectivity index (χ3n) is 4.65. The third-order valence-corrected chi connectivity index (χ3v) is 5.38. The topological polar surface area (TPSA) is 66.6 Å². The van der Waals surface area contributed by atoms with Gasteiger partial charge in [0.15, 0.2) is 0 Å². The smallest absolute Gasteiger partial charge is 0.253 e. The highest BCUT2D eigenvalue weighted by Crippen LogP contribution is 2.24. The number of carbonyl (C=O) groups excluding carboxylic acids is 2. The first-order valence-electron chi connectivity index (χ1n) is 8.45. The number of carbonyl (C=O) groups is 2. The molecule has 6 heteroatoms. The number of nitrogens with zero attached hydrogens (tertiary/aromatic N) is 2. The Hall–Kier alpha value is -2.34. The Kier molecular flexibility index (Phi) is 5.38. The number of hydrogen-bond donors (Lipinski definition) is 1. The van der Waals surface area contributed by atoms with E-state index >= 15 is 0 Å². The van der Waals surface area contributed by atoms with Crippen LogP contribution in [0.15, 0.2) is 41.1 Å². The van der Waals surface area contributed by atoms with Crippen molar-refractivity contribution >= 4 is 28.8 Å². The molecule has 1 aliphatic heterocycles. The van der Waals surface area contributed by atoms with Crippen molar-refractivity contribution in [3.05, 3.63) is 52.2 Å². The largest absolute Gasteiger partial charge is 0.371 e. The molecule has 25 heavy (non-hydrogen) atoms. The summed E-state index contributed by atoms with van der Waals surface area (Å²) in [6.07, 6.45) is 1.81. The number of amides is 2. The fourth-order valence-corrected chi connectivity index (χ4v) is 3.87. The number of hydrogen-bond acceptors (Lipinski definition) is 4. The summed E-state index contributed by atoms with van der Waals surface area (Å²) in [4.78, 5) is 27.9. The minimum absolute atomic E-state index is 0.00593. The summed E-state index contributed by atoms with van der Waals surface area (Å²) in [5.41, 5.74) is 8.29. The molecular weight excluding hydrogens is 334 g/mol. The number of rotatable bonds is 5. The lowest BCUT2D eigenvalue weighted by Crippen LogP contribution is -2.41. The Morgan fingerprint density at radius 1 is 1.28 bits per heavy atom. The summed E-state index contributed by atoms with van der Waals surface area (Å²) in [6, 6.07) is 9.65. The highest BCUT2D eigenvalue weighted by atomic mass is 32.1. The minimum atomic E-state index is -0.230. The van der Waals surface area contributed by atoms with Crippen molar-refractivity contribution in [2.45, 2.75) is 19.4 Å². The predicted molar refractivity (Wildman–Crippen MR) is 101 cm³/mol. The van der Waals surface area contributed by atoms with Crippen LogP contribution in [-0.2, 0) is 11.3 Å².